The summed E-state index contributed by atoms with van der Waals surface area (Å²) >= 11 is 10.5. The van der Waals surface area contributed by atoms with Gasteiger partial charge in [0.2, 0.25) is 0 Å². The van der Waals surface area contributed by atoms with E-state index in [1.165, 1.54) is 6.42 Å². The SMILES string of the molecule is Brc1cnc(N2CCC(Br)C2)c(Br)c1. The van der Waals surface area contributed by atoms with Gasteiger partial charge in [-0.2, -0.15) is 0 Å². The van der Waals surface area contributed by atoms with Crippen molar-refractivity contribution in [2.75, 3.05) is 18.0 Å². The van der Waals surface area contributed by atoms with Gasteiger partial charge >= 0.3 is 0 Å². The molecule has 2 heterocycles. The number of alkyl halides is 1. The maximum atomic E-state index is 4.41. The molecule has 0 spiro atoms. The Morgan fingerprint density at radius 1 is 1.43 bits per heavy atom. The smallest absolute Gasteiger partial charge is 0.142 e. The number of anilines is 1. The summed E-state index contributed by atoms with van der Waals surface area (Å²) in [6.45, 7) is 2.11. The van der Waals surface area contributed by atoms with E-state index in [0.717, 1.165) is 27.9 Å². The lowest BCUT2D eigenvalue weighted by atomic mass is 10.4. The number of rotatable bonds is 1. The molecule has 76 valence electrons. The second-order valence-electron chi connectivity index (χ2n) is 3.29. The molecule has 1 fully saturated rings. The van der Waals surface area contributed by atoms with E-state index in [9.17, 15) is 0 Å². The van der Waals surface area contributed by atoms with E-state index in [2.05, 4.69) is 57.7 Å². The Hall–Kier alpha value is 0.390. The van der Waals surface area contributed by atoms with Gasteiger partial charge in [0, 0.05) is 28.6 Å². The van der Waals surface area contributed by atoms with Crippen LogP contribution in [0.4, 0.5) is 5.82 Å². The summed E-state index contributed by atoms with van der Waals surface area (Å²) in [5, 5.41) is 0. The van der Waals surface area contributed by atoms with Gasteiger partial charge in [-0.25, -0.2) is 4.98 Å². The first-order valence-corrected chi connectivity index (χ1v) is 6.87. The van der Waals surface area contributed by atoms with Crippen LogP contribution in [0.2, 0.25) is 0 Å². The second-order valence-corrected chi connectivity index (χ2v) is 6.36. The Kier molecular flexibility index (Phi) is 3.50. The van der Waals surface area contributed by atoms with Crippen molar-refractivity contribution in [2.24, 2.45) is 0 Å². The second kappa shape index (κ2) is 4.49. The molecule has 1 aliphatic rings. The summed E-state index contributed by atoms with van der Waals surface area (Å²) in [5.41, 5.74) is 0. The van der Waals surface area contributed by atoms with Gasteiger partial charge in [-0.05, 0) is 44.3 Å². The number of halogens is 3. The zero-order valence-corrected chi connectivity index (χ0v) is 12.1. The minimum Gasteiger partial charge on any atom is -0.355 e. The van der Waals surface area contributed by atoms with E-state index in [1.54, 1.807) is 0 Å². The number of hydrogen-bond acceptors (Lipinski definition) is 2. The Morgan fingerprint density at radius 2 is 2.21 bits per heavy atom. The fourth-order valence-corrected chi connectivity index (χ4v) is 3.34. The Morgan fingerprint density at radius 3 is 2.79 bits per heavy atom. The van der Waals surface area contributed by atoms with Gasteiger partial charge in [0.15, 0.2) is 0 Å². The predicted molar refractivity (Wildman–Crippen MR) is 69.2 cm³/mol. The molecule has 2 rings (SSSR count). The molecule has 0 amide bonds. The maximum absolute atomic E-state index is 4.41. The number of hydrogen-bond donors (Lipinski definition) is 0. The van der Waals surface area contributed by atoms with E-state index in [-0.39, 0.29) is 0 Å². The van der Waals surface area contributed by atoms with Gasteiger partial charge in [0.25, 0.3) is 0 Å². The molecule has 0 aliphatic carbocycles. The molecule has 1 atom stereocenters. The quantitative estimate of drug-likeness (QED) is 0.688. The minimum absolute atomic E-state index is 0.597. The van der Waals surface area contributed by atoms with Crippen LogP contribution >= 0.6 is 47.8 Å². The van der Waals surface area contributed by atoms with Crippen molar-refractivity contribution < 1.29 is 0 Å². The summed E-state index contributed by atoms with van der Waals surface area (Å²) in [5.74, 6) is 1.04. The Labute approximate surface area is 108 Å². The molecule has 0 N–H and O–H groups in total. The number of pyridine rings is 1. The third-order valence-corrected chi connectivity index (χ3v) is 3.98. The van der Waals surface area contributed by atoms with E-state index >= 15 is 0 Å². The molecular weight excluding hydrogens is 376 g/mol. The lowest BCUT2D eigenvalue weighted by Crippen LogP contribution is -2.21. The summed E-state index contributed by atoms with van der Waals surface area (Å²) in [7, 11) is 0. The predicted octanol–water partition coefficient (Wildman–Crippen LogP) is 3.58. The van der Waals surface area contributed by atoms with Crippen LogP contribution in [-0.2, 0) is 0 Å². The van der Waals surface area contributed by atoms with Crippen LogP contribution in [0.3, 0.4) is 0 Å². The standard InChI is InChI=1S/C9H9Br3N2/c10-6-1-2-14(5-6)9-8(12)3-7(11)4-13-9/h3-4,6H,1-2,5H2. The van der Waals surface area contributed by atoms with Crippen molar-refractivity contribution in [3.63, 3.8) is 0 Å². The normalized spacial score (nSPS) is 21.6. The van der Waals surface area contributed by atoms with Crippen LogP contribution in [0.15, 0.2) is 21.2 Å². The van der Waals surface area contributed by atoms with Crippen molar-refractivity contribution in [2.45, 2.75) is 11.2 Å². The van der Waals surface area contributed by atoms with Crippen LogP contribution in [0.5, 0.6) is 0 Å². The first kappa shape index (κ1) is 10.9. The lowest BCUT2D eigenvalue weighted by molar-refractivity contribution is 0.932. The van der Waals surface area contributed by atoms with Gasteiger partial charge in [-0.3, -0.25) is 0 Å². The monoisotopic (exact) mass is 382 g/mol. The summed E-state index contributed by atoms with van der Waals surface area (Å²) in [4.78, 5) is 7.29. The van der Waals surface area contributed by atoms with Gasteiger partial charge < -0.3 is 4.90 Å². The topological polar surface area (TPSA) is 16.1 Å². The van der Waals surface area contributed by atoms with E-state index in [1.807, 2.05) is 12.3 Å². The first-order chi connectivity index (χ1) is 6.66. The highest BCUT2D eigenvalue weighted by molar-refractivity contribution is 9.11. The van der Waals surface area contributed by atoms with Crippen molar-refractivity contribution in [3.8, 4) is 0 Å². The molecule has 0 bridgehead atoms. The number of aromatic nitrogens is 1. The third kappa shape index (κ3) is 2.31. The largest absolute Gasteiger partial charge is 0.355 e. The molecule has 1 aliphatic heterocycles. The molecule has 2 nitrogen and oxygen atoms in total. The molecule has 5 heteroatoms. The van der Waals surface area contributed by atoms with Crippen molar-refractivity contribution in [1.29, 1.82) is 0 Å². The molecule has 1 aromatic rings. The highest BCUT2D eigenvalue weighted by atomic mass is 79.9. The zero-order chi connectivity index (χ0) is 10.1. The van der Waals surface area contributed by atoms with Crippen molar-refractivity contribution in [1.82, 2.24) is 4.98 Å². The summed E-state index contributed by atoms with van der Waals surface area (Å²) < 4.78 is 2.05. The fraction of sp³-hybridized carbons (Fsp3) is 0.444. The van der Waals surface area contributed by atoms with Crippen LogP contribution in [0.1, 0.15) is 6.42 Å². The summed E-state index contributed by atoms with van der Waals surface area (Å²) in [6, 6.07) is 2.03. The van der Waals surface area contributed by atoms with Gasteiger partial charge in [0.05, 0.1) is 4.47 Å². The van der Waals surface area contributed by atoms with Gasteiger partial charge in [-0.15, -0.1) is 0 Å². The molecule has 1 aromatic heterocycles. The Balaban J connectivity index is 2.24. The third-order valence-electron chi connectivity index (χ3n) is 2.22. The maximum Gasteiger partial charge on any atom is 0.142 e. The van der Waals surface area contributed by atoms with Crippen LogP contribution in [0, 0.1) is 0 Å². The van der Waals surface area contributed by atoms with Gasteiger partial charge in [0.1, 0.15) is 5.82 Å². The van der Waals surface area contributed by atoms with Crippen molar-refractivity contribution in [3.05, 3.63) is 21.2 Å². The van der Waals surface area contributed by atoms with E-state index in [0.29, 0.717) is 4.83 Å². The average Bonchev–Trinajstić information content (AvgIpc) is 2.51. The molecule has 0 radical (unpaired) electrons. The van der Waals surface area contributed by atoms with Crippen LogP contribution in [-0.4, -0.2) is 22.9 Å². The van der Waals surface area contributed by atoms with E-state index in [4.69, 9.17) is 0 Å². The molecular formula is C9H9Br3N2. The summed E-state index contributed by atoms with van der Waals surface area (Å²) in [6.07, 6.45) is 3.02. The lowest BCUT2D eigenvalue weighted by Gasteiger charge is -2.17. The van der Waals surface area contributed by atoms with Gasteiger partial charge in [-0.1, -0.05) is 15.9 Å². The molecule has 0 aromatic carbocycles. The molecule has 1 unspecified atom stereocenters. The highest BCUT2D eigenvalue weighted by Crippen LogP contribution is 2.30. The molecule has 0 saturated carbocycles. The Bertz CT molecular complexity index is 343. The fourth-order valence-electron chi connectivity index (χ4n) is 1.55. The number of nitrogens with zero attached hydrogens (tertiary/aromatic N) is 2. The van der Waals surface area contributed by atoms with Crippen molar-refractivity contribution >= 4 is 53.6 Å². The first-order valence-electron chi connectivity index (χ1n) is 4.37. The van der Waals surface area contributed by atoms with Crippen LogP contribution in [0.25, 0.3) is 0 Å². The molecule has 14 heavy (non-hydrogen) atoms. The zero-order valence-electron chi connectivity index (χ0n) is 7.38. The van der Waals surface area contributed by atoms with Crippen LogP contribution < -0.4 is 4.90 Å². The highest BCUT2D eigenvalue weighted by Gasteiger charge is 2.22. The van der Waals surface area contributed by atoms with E-state index < -0.39 is 0 Å². The molecule has 1 saturated heterocycles. The minimum atomic E-state index is 0.597. The average molecular weight is 385 g/mol.